The third kappa shape index (κ3) is 3.94. The van der Waals surface area contributed by atoms with Gasteiger partial charge in [0, 0.05) is 11.5 Å². The van der Waals surface area contributed by atoms with Crippen LogP contribution in [0, 0.1) is 6.92 Å². The van der Waals surface area contributed by atoms with Gasteiger partial charge in [0.15, 0.2) is 4.34 Å². The summed E-state index contributed by atoms with van der Waals surface area (Å²) in [6.45, 7) is 1.85. The van der Waals surface area contributed by atoms with Crippen molar-refractivity contribution < 1.29 is 19.5 Å². The summed E-state index contributed by atoms with van der Waals surface area (Å²) in [5.74, 6) is -1.23. The van der Waals surface area contributed by atoms with Gasteiger partial charge in [0.2, 0.25) is 0 Å². The molecule has 1 aromatic carbocycles. The van der Waals surface area contributed by atoms with Gasteiger partial charge < -0.3 is 10.4 Å². The van der Waals surface area contributed by atoms with Crippen LogP contribution in [0.1, 0.15) is 15.4 Å². The van der Waals surface area contributed by atoms with Crippen molar-refractivity contribution in [3.05, 3.63) is 51.1 Å². The van der Waals surface area contributed by atoms with E-state index in [0.29, 0.717) is 17.1 Å². The SMILES string of the molecule is Cc1nnc(SCC2=C(C(=O)O)N3C(=O)C(NC(=O)c4ccccc4Cl)C3SC2)s1. The number of fused-ring (bicyclic) bond motifs is 1. The standard InChI is InChI=1S/C18H15ClN4O4S3/c1-8-21-22-18(30-8)29-7-9-6-28-16-12(15(25)23(16)13(9)17(26)27)20-14(24)10-4-2-3-5-11(10)19/h2-5,12,16H,6-7H2,1H3,(H,20,24)(H,26,27). The monoisotopic (exact) mass is 482 g/mol. The van der Waals surface area contributed by atoms with E-state index in [1.807, 2.05) is 6.92 Å². The highest BCUT2D eigenvalue weighted by molar-refractivity contribution is 8.01. The number of aryl methyl sites for hydroxylation is 1. The summed E-state index contributed by atoms with van der Waals surface area (Å²) < 4.78 is 0.747. The van der Waals surface area contributed by atoms with Crippen molar-refractivity contribution in [2.75, 3.05) is 11.5 Å². The molecule has 0 bridgehead atoms. The Balaban J connectivity index is 1.49. The topological polar surface area (TPSA) is 112 Å². The number of carbonyl (C=O) groups excluding carboxylic acids is 2. The Bertz CT molecular complexity index is 1070. The molecule has 1 saturated heterocycles. The van der Waals surface area contributed by atoms with Crippen molar-refractivity contribution in [2.24, 2.45) is 0 Å². The molecule has 30 heavy (non-hydrogen) atoms. The van der Waals surface area contributed by atoms with Crippen LogP contribution in [-0.2, 0) is 9.59 Å². The molecule has 0 spiro atoms. The molecule has 2 aliphatic heterocycles. The number of carboxylic acid groups (broad SMARTS) is 1. The maximum absolute atomic E-state index is 12.7. The largest absolute Gasteiger partial charge is 0.477 e. The van der Waals surface area contributed by atoms with Crippen LogP contribution in [0.15, 0.2) is 39.9 Å². The minimum atomic E-state index is -1.16. The molecule has 4 rings (SSSR count). The normalized spacial score (nSPS) is 20.6. The minimum Gasteiger partial charge on any atom is -0.477 e. The predicted molar refractivity (Wildman–Crippen MR) is 116 cm³/mol. The third-order valence-electron chi connectivity index (χ3n) is 4.53. The first kappa shape index (κ1) is 21.2. The number of benzene rings is 1. The number of nitrogens with one attached hydrogen (secondary N) is 1. The van der Waals surface area contributed by atoms with Gasteiger partial charge in [-0.05, 0) is 24.6 Å². The Kier molecular flexibility index (Phi) is 6.05. The number of thioether (sulfide) groups is 2. The summed E-state index contributed by atoms with van der Waals surface area (Å²) in [4.78, 5) is 38.4. The minimum absolute atomic E-state index is 0.0132. The van der Waals surface area contributed by atoms with Crippen molar-refractivity contribution in [1.29, 1.82) is 0 Å². The highest BCUT2D eigenvalue weighted by Gasteiger charge is 2.54. The lowest BCUT2D eigenvalue weighted by Crippen LogP contribution is -2.70. The van der Waals surface area contributed by atoms with E-state index in [2.05, 4.69) is 15.5 Å². The molecular weight excluding hydrogens is 468 g/mol. The van der Waals surface area contributed by atoms with Gasteiger partial charge in [-0.2, -0.15) is 0 Å². The molecule has 12 heteroatoms. The van der Waals surface area contributed by atoms with E-state index in [1.165, 1.54) is 39.8 Å². The van der Waals surface area contributed by atoms with Crippen molar-refractivity contribution >= 4 is 64.2 Å². The van der Waals surface area contributed by atoms with E-state index in [0.717, 1.165) is 9.35 Å². The lowest BCUT2D eigenvalue weighted by Gasteiger charge is -2.49. The zero-order valence-corrected chi connectivity index (χ0v) is 18.7. The molecule has 1 fully saturated rings. The van der Waals surface area contributed by atoms with Gasteiger partial charge in [0.25, 0.3) is 11.8 Å². The first-order chi connectivity index (χ1) is 14.4. The zero-order valence-electron chi connectivity index (χ0n) is 15.5. The molecule has 2 aliphatic rings. The van der Waals surface area contributed by atoms with E-state index >= 15 is 0 Å². The molecule has 156 valence electrons. The molecule has 8 nitrogen and oxygen atoms in total. The van der Waals surface area contributed by atoms with Crippen LogP contribution < -0.4 is 5.32 Å². The van der Waals surface area contributed by atoms with Gasteiger partial charge in [-0.3, -0.25) is 14.5 Å². The fraction of sp³-hybridized carbons (Fsp3) is 0.278. The summed E-state index contributed by atoms with van der Waals surface area (Å²) >= 11 is 10.3. The fourth-order valence-corrected chi connectivity index (χ4v) is 6.67. The molecule has 2 N–H and O–H groups in total. The van der Waals surface area contributed by atoms with Crippen LogP contribution in [-0.4, -0.2) is 60.9 Å². The van der Waals surface area contributed by atoms with Crippen molar-refractivity contribution in [1.82, 2.24) is 20.4 Å². The summed E-state index contributed by atoms with van der Waals surface area (Å²) in [5, 5.41) is 21.0. The second-order valence-electron chi connectivity index (χ2n) is 6.47. The fourth-order valence-electron chi connectivity index (χ4n) is 3.14. The molecule has 2 unspecified atom stereocenters. The van der Waals surface area contributed by atoms with Gasteiger partial charge >= 0.3 is 5.97 Å². The van der Waals surface area contributed by atoms with Crippen molar-refractivity contribution in [3.8, 4) is 0 Å². The number of halogens is 1. The number of carboxylic acids is 1. The molecule has 1 aromatic heterocycles. The van der Waals surface area contributed by atoms with Gasteiger partial charge in [-0.25, -0.2) is 4.79 Å². The molecule has 2 amide bonds. The first-order valence-corrected chi connectivity index (χ1v) is 12.0. The van der Waals surface area contributed by atoms with Gasteiger partial charge in [0.05, 0.1) is 10.6 Å². The zero-order chi connectivity index (χ0) is 21.4. The number of rotatable bonds is 6. The molecule has 2 aromatic rings. The lowest BCUT2D eigenvalue weighted by atomic mass is 10.0. The van der Waals surface area contributed by atoms with E-state index in [-0.39, 0.29) is 16.3 Å². The predicted octanol–water partition coefficient (Wildman–Crippen LogP) is 2.64. The lowest BCUT2D eigenvalue weighted by molar-refractivity contribution is -0.148. The van der Waals surface area contributed by atoms with E-state index in [4.69, 9.17) is 11.6 Å². The van der Waals surface area contributed by atoms with E-state index < -0.39 is 29.2 Å². The quantitative estimate of drug-likeness (QED) is 0.477. The number of β-lactam (4-membered cyclic amide) rings is 1. The number of amides is 2. The molecular formula is C18H15ClN4O4S3. The number of nitrogens with zero attached hydrogens (tertiary/aromatic N) is 3. The average Bonchev–Trinajstić information content (AvgIpc) is 3.14. The Morgan fingerprint density at radius 1 is 1.37 bits per heavy atom. The van der Waals surface area contributed by atoms with Gasteiger partial charge in [-0.15, -0.1) is 22.0 Å². The summed E-state index contributed by atoms with van der Waals surface area (Å²) in [5.41, 5.74) is 0.899. The van der Waals surface area contributed by atoms with Crippen molar-refractivity contribution in [3.63, 3.8) is 0 Å². The maximum Gasteiger partial charge on any atom is 0.352 e. The maximum atomic E-state index is 12.7. The first-order valence-electron chi connectivity index (χ1n) is 8.75. The summed E-state index contributed by atoms with van der Waals surface area (Å²) in [6, 6.07) is 5.75. The Labute approximate surface area is 189 Å². The Morgan fingerprint density at radius 3 is 2.80 bits per heavy atom. The van der Waals surface area contributed by atoms with Crippen LogP contribution in [0.5, 0.6) is 0 Å². The van der Waals surface area contributed by atoms with Crippen LogP contribution in [0.4, 0.5) is 0 Å². The van der Waals surface area contributed by atoms with Crippen LogP contribution in [0.25, 0.3) is 0 Å². The molecule has 0 saturated carbocycles. The van der Waals surface area contributed by atoms with Gasteiger partial charge in [-0.1, -0.05) is 46.8 Å². The Morgan fingerprint density at radius 2 is 2.13 bits per heavy atom. The average molecular weight is 483 g/mol. The van der Waals surface area contributed by atoms with Crippen LogP contribution in [0.2, 0.25) is 5.02 Å². The third-order valence-corrected chi connectivity index (χ3v) is 8.26. The smallest absolute Gasteiger partial charge is 0.352 e. The number of aliphatic carboxylic acids is 1. The second-order valence-corrected chi connectivity index (χ2v) is 10.4. The summed E-state index contributed by atoms with van der Waals surface area (Å²) in [7, 11) is 0. The molecule has 0 radical (unpaired) electrons. The van der Waals surface area contributed by atoms with Crippen LogP contribution >= 0.6 is 46.5 Å². The molecule has 0 aliphatic carbocycles. The second kappa shape index (κ2) is 8.58. The molecule has 2 atom stereocenters. The van der Waals surface area contributed by atoms with Gasteiger partial charge in [0.1, 0.15) is 22.1 Å². The van der Waals surface area contributed by atoms with E-state index in [9.17, 15) is 19.5 Å². The highest BCUT2D eigenvalue weighted by Crippen LogP contribution is 2.42. The summed E-state index contributed by atoms with van der Waals surface area (Å²) in [6.07, 6.45) is 0. The molecule has 3 heterocycles. The van der Waals surface area contributed by atoms with Crippen molar-refractivity contribution in [2.45, 2.75) is 22.7 Å². The number of hydrogen-bond acceptors (Lipinski definition) is 8. The Hall–Kier alpha value is -2.08. The number of hydrogen-bond donors (Lipinski definition) is 2. The van der Waals surface area contributed by atoms with Crippen LogP contribution in [0.3, 0.4) is 0 Å². The highest BCUT2D eigenvalue weighted by atomic mass is 35.5. The van der Waals surface area contributed by atoms with E-state index in [1.54, 1.807) is 24.3 Å². The number of carbonyl (C=O) groups is 3. The number of aromatic nitrogens is 2.